The van der Waals surface area contributed by atoms with Crippen LogP contribution in [0.5, 0.6) is 0 Å². The molecule has 1 rings (SSSR count). The van der Waals surface area contributed by atoms with Crippen LogP contribution in [0, 0.1) is 11.8 Å². The van der Waals surface area contributed by atoms with Crippen LogP contribution in [0.4, 0.5) is 0 Å². The Morgan fingerprint density at radius 1 is 1.24 bits per heavy atom. The van der Waals surface area contributed by atoms with Crippen molar-refractivity contribution in [3.05, 3.63) is 0 Å². The number of rotatable bonds is 7. The number of hydrogen-bond acceptors (Lipinski definition) is 3. The predicted octanol–water partition coefficient (Wildman–Crippen LogP) is 2.23. The van der Waals surface area contributed by atoms with Gasteiger partial charge in [-0.05, 0) is 44.2 Å². The maximum Gasteiger partial charge on any atom is 0.147 e. The summed E-state index contributed by atoms with van der Waals surface area (Å²) in [5.74, 6) is 2.10. The quantitative estimate of drug-likeness (QED) is 0.715. The lowest BCUT2D eigenvalue weighted by Crippen LogP contribution is -2.23. The summed E-state index contributed by atoms with van der Waals surface area (Å²) in [4.78, 5) is 0. The third-order valence-corrected chi connectivity index (χ3v) is 4.67. The topological polar surface area (TPSA) is 46.2 Å². The van der Waals surface area contributed by atoms with E-state index >= 15 is 0 Å². The second-order valence-electron chi connectivity index (χ2n) is 5.66. The SMILES string of the molecule is CC1CCCC(CCNCCCS(C)(=O)=O)C1. The first kappa shape index (κ1) is 15.0. The summed E-state index contributed by atoms with van der Waals surface area (Å²) in [5, 5.41) is 3.36. The summed E-state index contributed by atoms with van der Waals surface area (Å²) in [7, 11) is -2.78. The Labute approximate surface area is 106 Å². The standard InChI is InChI=1S/C13H27NO2S/c1-12-5-3-6-13(11-12)7-9-14-8-4-10-17(2,15)16/h12-14H,3-11H2,1-2H3. The minimum atomic E-state index is -2.78. The molecule has 0 amide bonds. The lowest BCUT2D eigenvalue weighted by atomic mass is 9.81. The molecule has 0 aromatic heterocycles. The third kappa shape index (κ3) is 7.77. The van der Waals surface area contributed by atoms with Gasteiger partial charge in [0.25, 0.3) is 0 Å². The van der Waals surface area contributed by atoms with Crippen LogP contribution in [0.2, 0.25) is 0 Å². The van der Waals surface area contributed by atoms with Gasteiger partial charge in [0.05, 0.1) is 5.75 Å². The Morgan fingerprint density at radius 2 is 2.00 bits per heavy atom. The van der Waals surface area contributed by atoms with Gasteiger partial charge in [-0.25, -0.2) is 8.42 Å². The van der Waals surface area contributed by atoms with Gasteiger partial charge in [-0.1, -0.05) is 26.2 Å². The van der Waals surface area contributed by atoms with Crippen molar-refractivity contribution in [3.63, 3.8) is 0 Å². The highest BCUT2D eigenvalue weighted by atomic mass is 32.2. The highest BCUT2D eigenvalue weighted by Gasteiger charge is 2.17. The van der Waals surface area contributed by atoms with Crippen LogP contribution >= 0.6 is 0 Å². The van der Waals surface area contributed by atoms with Crippen LogP contribution in [0.3, 0.4) is 0 Å². The molecule has 1 aliphatic rings. The van der Waals surface area contributed by atoms with Gasteiger partial charge in [0.15, 0.2) is 0 Å². The average molecular weight is 261 g/mol. The lowest BCUT2D eigenvalue weighted by molar-refractivity contribution is 0.268. The molecule has 0 saturated heterocycles. The van der Waals surface area contributed by atoms with E-state index in [0.717, 1.165) is 31.3 Å². The van der Waals surface area contributed by atoms with Crippen molar-refractivity contribution in [2.24, 2.45) is 11.8 Å². The van der Waals surface area contributed by atoms with Crippen LogP contribution in [0.25, 0.3) is 0 Å². The highest BCUT2D eigenvalue weighted by molar-refractivity contribution is 7.90. The van der Waals surface area contributed by atoms with Crippen LogP contribution in [-0.4, -0.2) is 33.5 Å². The zero-order valence-electron chi connectivity index (χ0n) is 11.2. The maximum atomic E-state index is 10.9. The Hall–Kier alpha value is -0.0900. The highest BCUT2D eigenvalue weighted by Crippen LogP contribution is 2.30. The summed E-state index contributed by atoms with van der Waals surface area (Å²) < 4.78 is 21.8. The monoisotopic (exact) mass is 261 g/mol. The molecule has 0 aliphatic heterocycles. The van der Waals surface area contributed by atoms with Crippen molar-refractivity contribution in [1.29, 1.82) is 0 Å². The number of nitrogens with one attached hydrogen (secondary N) is 1. The Kier molecular flexibility index (Phi) is 6.49. The molecule has 0 heterocycles. The summed E-state index contributed by atoms with van der Waals surface area (Å²) in [6.07, 6.45) is 8.85. The summed E-state index contributed by atoms with van der Waals surface area (Å²) in [6, 6.07) is 0. The zero-order valence-corrected chi connectivity index (χ0v) is 12.1. The maximum absolute atomic E-state index is 10.9. The first-order valence-electron chi connectivity index (χ1n) is 6.86. The van der Waals surface area contributed by atoms with E-state index in [4.69, 9.17) is 0 Å². The molecule has 1 aliphatic carbocycles. The van der Waals surface area contributed by atoms with E-state index in [9.17, 15) is 8.42 Å². The first-order valence-corrected chi connectivity index (χ1v) is 8.92. The van der Waals surface area contributed by atoms with Crippen LogP contribution < -0.4 is 5.32 Å². The molecular weight excluding hydrogens is 234 g/mol. The molecule has 102 valence electrons. The first-order chi connectivity index (χ1) is 7.97. The largest absolute Gasteiger partial charge is 0.317 e. The zero-order chi connectivity index (χ0) is 12.7. The third-order valence-electron chi connectivity index (χ3n) is 3.64. The molecule has 0 spiro atoms. The van der Waals surface area contributed by atoms with Crippen LogP contribution in [0.15, 0.2) is 0 Å². The molecule has 0 aromatic rings. The molecular formula is C13H27NO2S. The second-order valence-corrected chi connectivity index (χ2v) is 7.92. The van der Waals surface area contributed by atoms with Crippen molar-refractivity contribution in [2.45, 2.75) is 45.4 Å². The Bertz CT molecular complexity index is 301. The van der Waals surface area contributed by atoms with E-state index in [1.807, 2.05) is 0 Å². The van der Waals surface area contributed by atoms with Crippen molar-refractivity contribution in [1.82, 2.24) is 5.32 Å². The van der Waals surface area contributed by atoms with E-state index < -0.39 is 9.84 Å². The van der Waals surface area contributed by atoms with E-state index in [1.165, 1.54) is 38.4 Å². The lowest BCUT2D eigenvalue weighted by Gasteiger charge is -2.26. The smallest absolute Gasteiger partial charge is 0.147 e. The van der Waals surface area contributed by atoms with Crippen molar-refractivity contribution in [2.75, 3.05) is 25.1 Å². The summed E-state index contributed by atoms with van der Waals surface area (Å²) >= 11 is 0. The fourth-order valence-corrected chi connectivity index (χ4v) is 3.38. The molecule has 2 atom stereocenters. The van der Waals surface area contributed by atoms with E-state index in [1.54, 1.807) is 0 Å². The molecule has 3 nitrogen and oxygen atoms in total. The number of hydrogen-bond donors (Lipinski definition) is 1. The van der Waals surface area contributed by atoms with E-state index in [0.29, 0.717) is 5.75 Å². The fourth-order valence-electron chi connectivity index (χ4n) is 2.71. The molecule has 0 radical (unpaired) electrons. The number of sulfone groups is 1. The summed E-state index contributed by atoms with van der Waals surface area (Å²) in [6.45, 7) is 4.22. The molecule has 2 unspecified atom stereocenters. The fraction of sp³-hybridized carbons (Fsp3) is 1.00. The van der Waals surface area contributed by atoms with E-state index in [-0.39, 0.29) is 0 Å². The van der Waals surface area contributed by atoms with Gasteiger partial charge in [0, 0.05) is 6.26 Å². The second kappa shape index (κ2) is 7.37. The van der Waals surface area contributed by atoms with Gasteiger partial charge in [-0.2, -0.15) is 0 Å². The van der Waals surface area contributed by atoms with E-state index in [2.05, 4.69) is 12.2 Å². The Balaban J connectivity index is 1.97. The van der Waals surface area contributed by atoms with Gasteiger partial charge in [0.1, 0.15) is 9.84 Å². The van der Waals surface area contributed by atoms with Gasteiger partial charge in [0.2, 0.25) is 0 Å². The van der Waals surface area contributed by atoms with Crippen molar-refractivity contribution in [3.8, 4) is 0 Å². The van der Waals surface area contributed by atoms with Gasteiger partial charge < -0.3 is 5.32 Å². The van der Waals surface area contributed by atoms with Gasteiger partial charge >= 0.3 is 0 Å². The van der Waals surface area contributed by atoms with Crippen LogP contribution in [0.1, 0.15) is 45.4 Å². The minimum Gasteiger partial charge on any atom is -0.317 e. The van der Waals surface area contributed by atoms with Crippen molar-refractivity contribution < 1.29 is 8.42 Å². The van der Waals surface area contributed by atoms with Gasteiger partial charge in [-0.3, -0.25) is 0 Å². The molecule has 1 saturated carbocycles. The molecule has 0 aromatic carbocycles. The molecule has 17 heavy (non-hydrogen) atoms. The molecule has 0 bridgehead atoms. The average Bonchev–Trinajstić information content (AvgIpc) is 2.22. The molecule has 1 fully saturated rings. The summed E-state index contributed by atoms with van der Waals surface area (Å²) in [5.41, 5.74) is 0. The normalized spacial score (nSPS) is 26.0. The van der Waals surface area contributed by atoms with Crippen LogP contribution in [-0.2, 0) is 9.84 Å². The Morgan fingerprint density at radius 3 is 2.65 bits per heavy atom. The molecule has 4 heteroatoms. The molecule has 1 N–H and O–H groups in total. The van der Waals surface area contributed by atoms with Crippen molar-refractivity contribution >= 4 is 9.84 Å². The predicted molar refractivity (Wildman–Crippen MR) is 72.9 cm³/mol. The minimum absolute atomic E-state index is 0.306. The van der Waals surface area contributed by atoms with Gasteiger partial charge in [-0.15, -0.1) is 0 Å².